The minimum Gasteiger partial charge on any atom is -0.691 e. The number of phenolic OH excluding ortho intramolecular Hbond substituents is 1. The van der Waals surface area contributed by atoms with Crippen molar-refractivity contribution in [2.75, 3.05) is 12.4 Å². The molecule has 0 atom stereocenters. The van der Waals surface area contributed by atoms with Crippen LogP contribution in [0.4, 0.5) is 8.78 Å². The van der Waals surface area contributed by atoms with Crippen molar-refractivity contribution in [3.8, 4) is 5.75 Å². The normalized spacial score (nSPS) is 11.6. The lowest BCUT2D eigenvalue weighted by Crippen LogP contribution is -2.28. The van der Waals surface area contributed by atoms with E-state index in [0.29, 0.717) is 5.39 Å². The predicted octanol–water partition coefficient (Wildman–Crippen LogP) is 2.65. The predicted molar refractivity (Wildman–Crippen MR) is 82.0 cm³/mol. The SMILES string of the molecule is O=C(OCCSc1ccc2c(O)cccc2c1)C(F)(F)SOO[O-]. The van der Waals surface area contributed by atoms with Gasteiger partial charge in [0.2, 0.25) is 0 Å². The summed E-state index contributed by atoms with van der Waals surface area (Å²) in [6, 6.07) is 10.4. The number of ether oxygens (including phenoxy) is 1. The molecule has 2 aromatic rings. The quantitative estimate of drug-likeness (QED) is 0.188. The molecule has 0 aromatic heterocycles. The van der Waals surface area contributed by atoms with E-state index in [0.717, 1.165) is 10.3 Å². The van der Waals surface area contributed by atoms with Gasteiger partial charge in [-0.2, -0.15) is 13.1 Å². The lowest BCUT2D eigenvalue weighted by Gasteiger charge is -2.13. The number of carbonyl (C=O) groups excluding carboxylic acids is 1. The lowest BCUT2D eigenvalue weighted by molar-refractivity contribution is -0.777. The first kappa shape index (κ1) is 18.7. The third kappa shape index (κ3) is 4.95. The zero-order valence-electron chi connectivity index (χ0n) is 11.9. The zero-order chi connectivity index (χ0) is 17.6. The highest BCUT2D eigenvalue weighted by molar-refractivity contribution is 7.99. The Hall–Kier alpha value is -1.59. The maximum Gasteiger partial charge on any atom is 0.415 e. The van der Waals surface area contributed by atoms with Crippen LogP contribution in [0.1, 0.15) is 0 Å². The monoisotopic (exact) mass is 377 g/mol. The zero-order valence-corrected chi connectivity index (χ0v) is 13.6. The van der Waals surface area contributed by atoms with Gasteiger partial charge < -0.3 is 15.1 Å². The summed E-state index contributed by atoms with van der Waals surface area (Å²) in [5.74, 6) is -1.41. The molecule has 24 heavy (non-hydrogen) atoms. The van der Waals surface area contributed by atoms with Gasteiger partial charge in [0.25, 0.3) is 0 Å². The molecule has 0 amide bonds. The molecule has 1 N–H and O–H groups in total. The Kier molecular flexibility index (Phi) is 6.63. The van der Waals surface area contributed by atoms with Crippen LogP contribution in [0.25, 0.3) is 10.8 Å². The lowest BCUT2D eigenvalue weighted by atomic mass is 10.1. The molecule has 0 aliphatic carbocycles. The summed E-state index contributed by atoms with van der Waals surface area (Å²) in [6.07, 6.45) is 0. The van der Waals surface area contributed by atoms with Crippen molar-refractivity contribution >= 4 is 40.5 Å². The van der Waals surface area contributed by atoms with Gasteiger partial charge in [-0.15, -0.1) is 11.8 Å². The molecule has 6 nitrogen and oxygen atoms in total. The Labute approximate surface area is 143 Å². The molecule has 0 aliphatic rings. The van der Waals surface area contributed by atoms with Crippen molar-refractivity contribution in [3.05, 3.63) is 36.4 Å². The summed E-state index contributed by atoms with van der Waals surface area (Å²) in [5.41, 5.74) is 0. The summed E-state index contributed by atoms with van der Waals surface area (Å²) in [5, 5.41) is 19.4. The number of fused-ring (bicyclic) bond motifs is 1. The van der Waals surface area contributed by atoms with E-state index in [9.17, 15) is 23.9 Å². The van der Waals surface area contributed by atoms with E-state index in [1.807, 2.05) is 12.1 Å². The summed E-state index contributed by atoms with van der Waals surface area (Å²) in [6.45, 7) is -0.254. The molecule has 0 spiro atoms. The first-order valence-corrected chi connectivity index (χ1v) is 8.20. The second-order valence-electron chi connectivity index (χ2n) is 4.38. The molecule has 0 radical (unpaired) electrons. The molecule has 0 fully saturated rings. The highest BCUT2D eigenvalue weighted by atomic mass is 32.2. The van der Waals surface area contributed by atoms with Crippen LogP contribution in [0.2, 0.25) is 0 Å². The molecule has 0 aliphatic heterocycles. The number of aromatic hydroxyl groups is 1. The largest absolute Gasteiger partial charge is 0.691 e. The average Bonchev–Trinajstić information content (AvgIpc) is 2.57. The minimum atomic E-state index is -4.03. The number of halogens is 2. The maximum absolute atomic E-state index is 13.1. The van der Waals surface area contributed by atoms with E-state index in [2.05, 4.69) is 14.1 Å². The molecule has 0 unspecified atom stereocenters. The van der Waals surface area contributed by atoms with Gasteiger partial charge in [0.15, 0.2) is 0 Å². The van der Waals surface area contributed by atoms with Gasteiger partial charge in [0.1, 0.15) is 24.4 Å². The van der Waals surface area contributed by atoms with Crippen LogP contribution in [0.5, 0.6) is 5.75 Å². The molecule has 0 saturated carbocycles. The third-order valence-corrected chi connectivity index (χ3v) is 4.28. The van der Waals surface area contributed by atoms with Crippen molar-refractivity contribution < 1.29 is 38.0 Å². The molecule has 130 valence electrons. The number of thioether (sulfide) groups is 1. The number of hydrogen-bond acceptors (Lipinski definition) is 8. The molecule has 0 heterocycles. The Morgan fingerprint density at radius 2 is 2.08 bits per heavy atom. The van der Waals surface area contributed by atoms with E-state index >= 15 is 0 Å². The summed E-state index contributed by atoms with van der Waals surface area (Å²) in [7, 11) is 0. The van der Waals surface area contributed by atoms with Crippen molar-refractivity contribution in [2.24, 2.45) is 0 Å². The Morgan fingerprint density at radius 3 is 2.83 bits per heavy atom. The second kappa shape index (κ2) is 8.49. The Morgan fingerprint density at radius 1 is 1.29 bits per heavy atom. The van der Waals surface area contributed by atoms with Gasteiger partial charge in [-0.05, 0) is 29.7 Å². The molecule has 10 heteroatoms. The first-order valence-electron chi connectivity index (χ1n) is 6.48. The third-order valence-electron chi connectivity index (χ3n) is 2.82. The van der Waals surface area contributed by atoms with Crippen LogP contribution in [0.3, 0.4) is 0 Å². The summed E-state index contributed by atoms with van der Waals surface area (Å²) in [4.78, 5) is 12.0. The number of alkyl halides is 2. The van der Waals surface area contributed by atoms with Gasteiger partial charge in [0, 0.05) is 16.0 Å². The van der Waals surface area contributed by atoms with Gasteiger partial charge in [0.05, 0.1) is 0 Å². The van der Waals surface area contributed by atoms with Gasteiger partial charge in [-0.3, -0.25) is 5.04 Å². The van der Waals surface area contributed by atoms with Crippen molar-refractivity contribution in [1.29, 1.82) is 0 Å². The molecule has 2 rings (SSSR count). The standard InChI is InChI=1S/C14H12F2O6S2/c15-14(16,24-22-21-19)13(18)20-6-7-23-10-4-5-11-9(8-10)2-1-3-12(11)17/h1-5,8,17,19H,6-7H2/p-1. The van der Waals surface area contributed by atoms with Crippen LogP contribution in [-0.2, 0) is 18.9 Å². The fourth-order valence-corrected chi connectivity index (χ4v) is 2.82. The van der Waals surface area contributed by atoms with E-state index < -0.39 is 23.3 Å². The van der Waals surface area contributed by atoms with E-state index in [-0.39, 0.29) is 18.1 Å². The van der Waals surface area contributed by atoms with E-state index in [1.54, 1.807) is 24.3 Å². The molecule has 0 bridgehead atoms. The number of esters is 1. The van der Waals surface area contributed by atoms with Crippen LogP contribution < -0.4 is 5.26 Å². The van der Waals surface area contributed by atoms with Gasteiger partial charge in [-0.25, -0.2) is 4.79 Å². The number of hydrogen-bond donors (Lipinski definition) is 1. The van der Waals surface area contributed by atoms with Crippen molar-refractivity contribution in [2.45, 2.75) is 10.2 Å². The minimum absolute atomic E-state index is 0.169. The van der Waals surface area contributed by atoms with E-state index in [1.165, 1.54) is 11.8 Å². The second-order valence-corrected chi connectivity index (χ2v) is 6.36. The summed E-state index contributed by atoms with van der Waals surface area (Å²) >= 11 is 0.566. The van der Waals surface area contributed by atoms with Crippen molar-refractivity contribution in [3.63, 3.8) is 0 Å². The molecule has 2 aromatic carbocycles. The van der Waals surface area contributed by atoms with Crippen LogP contribution in [0, 0.1) is 0 Å². The highest BCUT2D eigenvalue weighted by Gasteiger charge is 2.43. The number of benzene rings is 2. The Bertz CT molecular complexity index is 713. The first-order chi connectivity index (χ1) is 11.4. The van der Waals surface area contributed by atoms with Crippen LogP contribution in [-0.4, -0.2) is 28.7 Å². The number of carbonyl (C=O) groups is 1. The Balaban J connectivity index is 1.83. The highest BCUT2D eigenvalue weighted by Crippen LogP contribution is 2.31. The van der Waals surface area contributed by atoms with Crippen LogP contribution >= 0.6 is 23.8 Å². The molecule has 0 saturated heterocycles. The fourth-order valence-electron chi connectivity index (χ4n) is 1.80. The smallest absolute Gasteiger partial charge is 0.415 e. The van der Waals surface area contributed by atoms with Crippen LogP contribution in [0.15, 0.2) is 41.3 Å². The topological polar surface area (TPSA) is 88.1 Å². The van der Waals surface area contributed by atoms with Crippen molar-refractivity contribution in [1.82, 2.24) is 0 Å². The summed E-state index contributed by atoms with van der Waals surface area (Å²) < 4.78 is 34.0. The average molecular weight is 377 g/mol. The van der Waals surface area contributed by atoms with Gasteiger partial charge >= 0.3 is 11.2 Å². The molecular weight excluding hydrogens is 366 g/mol. The molecular formula is C14H11F2O6S2-. The van der Waals surface area contributed by atoms with E-state index in [4.69, 9.17) is 0 Å². The van der Waals surface area contributed by atoms with Gasteiger partial charge in [-0.1, -0.05) is 12.1 Å². The maximum atomic E-state index is 13.1. The number of rotatable bonds is 8. The fraction of sp³-hybridized carbons (Fsp3) is 0.214. The number of phenols is 1.